The maximum Gasteiger partial charge on any atom is 0.0748 e. The van der Waals surface area contributed by atoms with E-state index < -0.39 is 0 Å². The van der Waals surface area contributed by atoms with Crippen molar-refractivity contribution in [2.75, 3.05) is 25.5 Å². The first-order chi connectivity index (χ1) is 9.63. The van der Waals surface area contributed by atoms with Gasteiger partial charge in [0.15, 0.2) is 0 Å². The lowest BCUT2D eigenvalue weighted by atomic mass is 10.0. The maximum atomic E-state index is 4.29. The van der Waals surface area contributed by atoms with Crippen molar-refractivity contribution in [2.24, 2.45) is 7.05 Å². The van der Waals surface area contributed by atoms with Crippen LogP contribution in [-0.4, -0.2) is 30.4 Å². The second-order valence-electron chi connectivity index (χ2n) is 5.25. The molecule has 4 heteroatoms. The van der Waals surface area contributed by atoms with E-state index in [1.807, 2.05) is 17.9 Å². The second-order valence-corrected chi connectivity index (χ2v) is 5.25. The van der Waals surface area contributed by atoms with E-state index in [1.165, 1.54) is 16.9 Å². The number of rotatable bonds is 6. The van der Waals surface area contributed by atoms with Crippen molar-refractivity contribution in [1.29, 1.82) is 0 Å². The van der Waals surface area contributed by atoms with Gasteiger partial charge in [0.1, 0.15) is 0 Å². The Bertz CT molecular complexity index is 528. The maximum absolute atomic E-state index is 4.29. The van der Waals surface area contributed by atoms with Gasteiger partial charge in [-0.15, -0.1) is 0 Å². The van der Waals surface area contributed by atoms with E-state index >= 15 is 0 Å². The molecule has 0 bridgehead atoms. The molecule has 1 unspecified atom stereocenters. The zero-order valence-corrected chi connectivity index (χ0v) is 12.8. The van der Waals surface area contributed by atoms with Crippen LogP contribution in [0.5, 0.6) is 0 Å². The third kappa shape index (κ3) is 3.20. The number of hydrogen-bond donors (Lipinski definition) is 1. The van der Waals surface area contributed by atoms with Crippen LogP contribution in [0.15, 0.2) is 36.5 Å². The molecule has 1 aromatic carbocycles. The summed E-state index contributed by atoms with van der Waals surface area (Å²) < 4.78 is 1.94. The molecule has 0 aliphatic rings. The fourth-order valence-electron chi connectivity index (χ4n) is 2.31. The Labute approximate surface area is 121 Å². The molecule has 0 radical (unpaired) electrons. The van der Waals surface area contributed by atoms with Gasteiger partial charge in [-0.05, 0) is 36.7 Å². The first-order valence-electron chi connectivity index (χ1n) is 7.12. The van der Waals surface area contributed by atoms with Crippen molar-refractivity contribution < 1.29 is 0 Å². The molecule has 0 aliphatic heterocycles. The van der Waals surface area contributed by atoms with Crippen LogP contribution < -0.4 is 10.2 Å². The summed E-state index contributed by atoms with van der Waals surface area (Å²) in [4.78, 5) is 2.11. The van der Waals surface area contributed by atoms with E-state index in [4.69, 9.17) is 0 Å². The van der Waals surface area contributed by atoms with Gasteiger partial charge in [0.25, 0.3) is 0 Å². The van der Waals surface area contributed by atoms with E-state index in [9.17, 15) is 0 Å². The highest BCUT2D eigenvalue weighted by Gasteiger charge is 2.16. The molecule has 1 heterocycles. The van der Waals surface area contributed by atoms with Crippen LogP contribution in [0.3, 0.4) is 0 Å². The Balaban J connectivity index is 2.29. The topological polar surface area (TPSA) is 33.1 Å². The van der Waals surface area contributed by atoms with Crippen LogP contribution >= 0.6 is 0 Å². The van der Waals surface area contributed by atoms with Crippen molar-refractivity contribution >= 4 is 5.69 Å². The van der Waals surface area contributed by atoms with Gasteiger partial charge in [-0.1, -0.05) is 19.1 Å². The molecular weight excluding hydrogens is 248 g/mol. The van der Waals surface area contributed by atoms with Crippen molar-refractivity contribution in [3.63, 3.8) is 0 Å². The predicted molar refractivity (Wildman–Crippen MR) is 84.1 cm³/mol. The fraction of sp³-hybridized carbons (Fsp3) is 0.438. The molecular formula is C16H24N4. The molecule has 0 saturated heterocycles. The van der Waals surface area contributed by atoms with Gasteiger partial charge in [0.2, 0.25) is 0 Å². The summed E-state index contributed by atoms with van der Waals surface area (Å²) in [5, 5.41) is 7.89. The minimum atomic E-state index is 0.193. The van der Waals surface area contributed by atoms with E-state index in [2.05, 4.69) is 66.7 Å². The van der Waals surface area contributed by atoms with Crippen LogP contribution in [-0.2, 0) is 7.05 Å². The minimum absolute atomic E-state index is 0.193. The van der Waals surface area contributed by atoms with Gasteiger partial charge < -0.3 is 10.2 Å². The average molecular weight is 272 g/mol. The molecule has 2 aromatic rings. The molecule has 0 spiro atoms. The molecule has 1 atom stereocenters. The zero-order valence-electron chi connectivity index (χ0n) is 12.8. The SMILES string of the molecule is CCCNC(c1ccc(N(C)C)cc1)c1ccnn1C. The Morgan fingerprint density at radius 2 is 1.90 bits per heavy atom. The number of anilines is 1. The molecule has 0 fully saturated rings. The Morgan fingerprint density at radius 3 is 2.40 bits per heavy atom. The monoisotopic (exact) mass is 272 g/mol. The van der Waals surface area contributed by atoms with Crippen LogP contribution in [0.4, 0.5) is 5.69 Å². The lowest BCUT2D eigenvalue weighted by Crippen LogP contribution is -2.25. The normalized spacial score (nSPS) is 12.4. The van der Waals surface area contributed by atoms with E-state index in [1.54, 1.807) is 0 Å². The minimum Gasteiger partial charge on any atom is -0.378 e. The van der Waals surface area contributed by atoms with Crippen LogP contribution in [0.25, 0.3) is 0 Å². The van der Waals surface area contributed by atoms with Gasteiger partial charge >= 0.3 is 0 Å². The Morgan fingerprint density at radius 1 is 1.20 bits per heavy atom. The van der Waals surface area contributed by atoms with Gasteiger partial charge in [-0.25, -0.2) is 0 Å². The molecule has 1 N–H and O–H groups in total. The highest BCUT2D eigenvalue weighted by Crippen LogP contribution is 2.23. The van der Waals surface area contributed by atoms with Gasteiger partial charge in [-0.3, -0.25) is 4.68 Å². The number of nitrogens with zero attached hydrogens (tertiary/aromatic N) is 3. The van der Waals surface area contributed by atoms with E-state index in [0.29, 0.717) is 0 Å². The van der Waals surface area contributed by atoms with Crippen molar-refractivity contribution in [3.8, 4) is 0 Å². The third-order valence-electron chi connectivity index (χ3n) is 3.50. The third-order valence-corrected chi connectivity index (χ3v) is 3.50. The summed E-state index contributed by atoms with van der Waals surface area (Å²) in [6.45, 7) is 3.17. The van der Waals surface area contributed by atoms with Crippen LogP contribution in [0, 0.1) is 0 Å². The first kappa shape index (κ1) is 14.6. The number of hydrogen-bond acceptors (Lipinski definition) is 3. The highest BCUT2D eigenvalue weighted by molar-refractivity contribution is 5.47. The molecule has 108 valence electrons. The fourth-order valence-corrected chi connectivity index (χ4v) is 2.31. The molecule has 4 nitrogen and oxygen atoms in total. The summed E-state index contributed by atoms with van der Waals surface area (Å²) in [5.74, 6) is 0. The number of nitrogens with one attached hydrogen (secondary N) is 1. The van der Waals surface area contributed by atoms with Crippen LogP contribution in [0.2, 0.25) is 0 Å². The molecule has 20 heavy (non-hydrogen) atoms. The number of benzene rings is 1. The first-order valence-corrected chi connectivity index (χ1v) is 7.12. The largest absolute Gasteiger partial charge is 0.378 e. The van der Waals surface area contributed by atoms with Gasteiger partial charge in [0.05, 0.1) is 11.7 Å². The predicted octanol–water partition coefficient (Wildman–Crippen LogP) is 2.58. The summed E-state index contributed by atoms with van der Waals surface area (Å²) >= 11 is 0. The molecule has 2 rings (SSSR count). The van der Waals surface area contributed by atoms with Crippen molar-refractivity contribution in [1.82, 2.24) is 15.1 Å². The quantitative estimate of drug-likeness (QED) is 0.877. The molecule has 0 aliphatic carbocycles. The lowest BCUT2D eigenvalue weighted by Gasteiger charge is -2.20. The second kappa shape index (κ2) is 6.57. The smallest absolute Gasteiger partial charge is 0.0748 e. The lowest BCUT2D eigenvalue weighted by molar-refractivity contribution is 0.553. The summed E-state index contributed by atoms with van der Waals surface area (Å²) in [5.41, 5.74) is 3.68. The zero-order chi connectivity index (χ0) is 14.5. The standard InChI is InChI=1S/C16H24N4/c1-5-11-17-16(15-10-12-18-20(15)4)13-6-8-14(9-7-13)19(2)3/h6-10,12,16-17H,5,11H2,1-4H3. The summed E-state index contributed by atoms with van der Waals surface area (Å²) in [6.07, 6.45) is 2.97. The van der Waals surface area contributed by atoms with Crippen LogP contribution in [0.1, 0.15) is 30.6 Å². The molecule has 1 aromatic heterocycles. The summed E-state index contributed by atoms with van der Waals surface area (Å²) in [7, 11) is 6.11. The number of aryl methyl sites for hydroxylation is 1. The van der Waals surface area contributed by atoms with Gasteiger partial charge in [-0.2, -0.15) is 5.10 Å². The summed E-state index contributed by atoms with van der Waals surface area (Å²) in [6, 6.07) is 11.0. The van der Waals surface area contributed by atoms with Gasteiger partial charge in [0, 0.05) is 33.0 Å². The van der Waals surface area contributed by atoms with Crippen molar-refractivity contribution in [3.05, 3.63) is 47.8 Å². The average Bonchev–Trinajstić information content (AvgIpc) is 2.86. The molecule has 0 saturated carbocycles. The number of aromatic nitrogens is 2. The van der Waals surface area contributed by atoms with Crippen molar-refractivity contribution in [2.45, 2.75) is 19.4 Å². The van der Waals surface area contributed by atoms with E-state index in [-0.39, 0.29) is 6.04 Å². The molecule has 0 amide bonds. The highest BCUT2D eigenvalue weighted by atomic mass is 15.3. The Hall–Kier alpha value is -1.81. The Kier molecular flexibility index (Phi) is 4.79. The van der Waals surface area contributed by atoms with E-state index in [0.717, 1.165) is 13.0 Å².